The zero-order chi connectivity index (χ0) is 34.5. The molecule has 4 heterocycles. The lowest BCUT2D eigenvalue weighted by atomic mass is 9.74. The SMILES string of the molecule is COC[C@@H]1NC(=O)CC/C=C\CN(c2ccc(OC)cc2)C(=O)[C@H]2N(CCCCO)C(=O)[C@@H]3[C@@H](C(=O)O[C@H]1c1ccccc1)[C@H]1C=C[C@]32O1. The van der Waals surface area contributed by atoms with Gasteiger partial charge in [0.15, 0.2) is 0 Å². The molecule has 7 atom stereocenters. The molecule has 4 aliphatic heterocycles. The maximum Gasteiger partial charge on any atom is 0.313 e. The summed E-state index contributed by atoms with van der Waals surface area (Å²) < 4.78 is 23.6. The number of esters is 1. The molecule has 49 heavy (non-hydrogen) atoms. The third kappa shape index (κ3) is 6.60. The average molecular weight is 674 g/mol. The van der Waals surface area contributed by atoms with E-state index in [1.54, 1.807) is 48.4 Å². The number of aliphatic hydroxyl groups excluding tert-OH is 1. The topological polar surface area (TPSA) is 144 Å². The molecule has 260 valence electrons. The first kappa shape index (κ1) is 34.3. The van der Waals surface area contributed by atoms with Gasteiger partial charge in [-0.15, -0.1) is 0 Å². The number of rotatable bonds is 9. The highest BCUT2D eigenvalue weighted by Gasteiger charge is 2.73. The number of methoxy groups -OCH3 is 2. The zero-order valence-electron chi connectivity index (χ0n) is 27.7. The molecule has 12 nitrogen and oxygen atoms in total. The summed E-state index contributed by atoms with van der Waals surface area (Å²) in [6.45, 7) is 0.352. The number of cyclic esters (lactones) is 1. The molecule has 0 aliphatic carbocycles. The lowest BCUT2D eigenvalue weighted by Gasteiger charge is -2.36. The first-order valence-electron chi connectivity index (χ1n) is 16.8. The second-order valence-electron chi connectivity index (χ2n) is 12.7. The Balaban J connectivity index is 1.44. The third-order valence-corrected chi connectivity index (χ3v) is 9.76. The van der Waals surface area contributed by atoms with E-state index in [0.717, 1.165) is 0 Å². The van der Waals surface area contributed by atoms with E-state index in [1.807, 2.05) is 42.5 Å². The van der Waals surface area contributed by atoms with Crippen LogP contribution in [0.1, 0.15) is 37.4 Å². The van der Waals surface area contributed by atoms with Gasteiger partial charge in [0, 0.05) is 38.9 Å². The summed E-state index contributed by atoms with van der Waals surface area (Å²) in [7, 11) is 3.07. The number of likely N-dealkylation sites (tertiary alicyclic amines) is 1. The summed E-state index contributed by atoms with van der Waals surface area (Å²) in [6.07, 6.45) is 6.89. The lowest BCUT2D eigenvalue weighted by molar-refractivity contribution is -0.162. The standard InChI is InChI=1S/C37H43N3O9/c1-46-23-27-32(24-11-5-3-6-12-24)48-36(45)30-28-18-19-37(49-28)31(30)34(43)40(21-9-10-22-41)33(37)35(44)39(20-8-4-7-13-29(42)38-27)25-14-16-26(47-2)17-15-25/h3-6,8,11-12,14-19,27-28,30-33,41H,7,9-10,13,20-23H2,1-2H3,(H,38,42)/b8-4-/t27-,28+,30-,31-,32-,33+,37-/m0/s1. The van der Waals surface area contributed by atoms with Crippen LogP contribution in [0.4, 0.5) is 5.69 Å². The molecular weight excluding hydrogens is 630 g/mol. The van der Waals surface area contributed by atoms with Gasteiger partial charge >= 0.3 is 5.97 Å². The highest BCUT2D eigenvalue weighted by atomic mass is 16.6. The van der Waals surface area contributed by atoms with E-state index in [0.29, 0.717) is 36.3 Å². The predicted octanol–water partition coefficient (Wildman–Crippen LogP) is 2.72. The summed E-state index contributed by atoms with van der Waals surface area (Å²) in [6, 6.07) is 14.3. The van der Waals surface area contributed by atoms with Crippen LogP contribution in [0.5, 0.6) is 5.75 Å². The Bertz CT molecular complexity index is 1580. The number of carbonyl (C=O) groups is 4. The van der Waals surface area contributed by atoms with Gasteiger partial charge in [-0.3, -0.25) is 19.2 Å². The Morgan fingerprint density at radius 2 is 1.76 bits per heavy atom. The highest BCUT2D eigenvalue weighted by Crippen LogP contribution is 2.56. The molecule has 2 saturated heterocycles. The average Bonchev–Trinajstić information content (AvgIpc) is 3.76. The van der Waals surface area contributed by atoms with E-state index in [1.165, 1.54) is 12.0 Å². The number of unbranched alkanes of at least 4 members (excludes halogenated alkanes) is 1. The minimum absolute atomic E-state index is 0.0640. The van der Waals surface area contributed by atoms with Crippen molar-refractivity contribution in [2.24, 2.45) is 11.8 Å². The van der Waals surface area contributed by atoms with E-state index in [-0.39, 0.29) is 50.4 Å². The largest absolute Gasteiger partial charge is 0.497 e. The minimum atomic E-state index is -1.41. The molecule has 6 rings (SSSR count). The molecular formula is C37H43N3O9. The van der Waals surface area contributed by atoms with Crippen molar-refractivity contribution in [3.05, 3.63) is 84.5 Å². The van der Waals surface area contributed by atoms with Crippen LogP contribution in [-0.2, 0) is 33.4 Å². The number of nitrogens with zero attached hydrogens (tertiary/aromatic N) is 2. The van der Waals surface area contributed by atoms with Gasteiger partial charge in [-0.05, 0) is 49.1 Å². The number of allylic oxidation sites excluding steroid dienone is 1. The minimum Gasteiger partial charge on any atom is -0.497 e. The van der Waals surface area contributed by atoms with Gasteiger partial charge in [0.2, 0.25) is 11.8 Å². The van der Waals surface area contributed by atoms with E-state index >= 15 is 0 Å². The van der Waals surface area contributed by atoms with Crippen LogP contribution in [-0.4, -0.2) is 98.0 Å². The van der Waals surface area contributed by atoms with Crippen molar-refractivity contribution in [1.82, 2.24) is 10.2 Å². The van der Waals surface area contributed by atoms with E-state index in [9.17, 15) is 24.3 Å². The van der Waals surface area contributed by atoms with Crippen molar-refractivity contribution >= 4 is 29.4 Å². The quantitative estimate of drug-likeness (QED) is 0.233. The molecule has 2 aromatic rings. The van der Waals surface area contributed by atoms with Crippen molar-refractivity contribution in [3.8, 4) is 5.75 Å². The van der Waals surface area contributed by atoms with Gasteiger partial charge in [0.05, 0.1) is 31.8 Å². The van der Waals surface area contributed by atoms with Crippen LogP contribution < -0.4 is 15.0 Å². The highest BCUT2D eigenvalue weighted by molar-refractivity contribution is 6.05. The molecule has 3 amide bonds. The van der Waals surface area contributed by atoms with Gasteiger partial charge in [-0.25, -0.2) is 0 Å². The predicted molar refractivity (Wildman–Crippen MR) is 178 cm³/mol. The number of hydrogen-bond donors (Lipinski definition) is 2. The van der Waals surface area contributed by atoms with Gasteiger partial charge in [0.25, 0.3) is 5.91 Å². The molecule has 2 N–H and O–H groups in total. The summed E-state index contributed by atoms with van der Waals surface area (Å²) in [5.41, 5.74) is -0.182. The number of carbonyl (C=O) groups excluding carboxylic acids is 4. The number of anilines is 1. The molecule has 0 unspecified atom stereocenters. The number of amides is 3. The number of aliphatic hydroxyl groups is 1. The molecule has 0 saturated carbocycles. The maximum absolute atomic E-state index is 14.9. The number of benzene rings is 2. The van der Waals surface area contributed by atoms with Gasteiger partial charge in [-0.2, -0.15) is 0 Å². The smallest absolute Gasteiger partial charge is 0.313 e. The van der Waals surface area contributed by atoms with Gasteiger partial charge in [-0.1, -0.05) is 54.6 Å². The summed E-state index contributed by atoms with van der Waals surface area (Å²) in [4.78, 5) is 59.9. The van der Waals surface area contributed by atoms with Crippen LogP contribution in [0.3, 0.4) is 0 Å². The zero-order valence-corrected chi connectivity index (χ0v) is 27.7. The van der Waals surface area contributed by atoms with E-state index in [4.69, 9.17) is 18.9 Å². The van der Waals surface area contributed by atoms with Crippen LogP contribution in [0.25, 0.3) is 0 Å². The Labute approximate surface area is 285 Å². The van der Waals surface area contributed by atoms with Crippen molar-refractivity contribution in [2.45, 2.75) is 55.6 Å². The molecule has 4 aliphatic rings. The monoisotopic (exact) mass is 673 g/mol. The summed E-state index contributed by atoms with van der Waals surface area (Å²) in [5.74, 6) is -3.12. The molecule has 0 aromatic heterocycles. The Hall–Kier alpha value is -4.52. The fourth-order valence-corrected chi connectivity index (χ4v) is 7.49. The normalized spacial score (nSPS) is 30.7. The molecule has 1 spiro atoms. The maximum atomic E-state index is 14.9. The van der Waals surface area contributed by atoms with E-state index in [2.05, 4.69) is 5.32 Å². The number of fused-ring (bicyclic) bond motifs is 2. The molecule has 5 bridgehead atoms. The van der Waals surface area contributed by atoms with Crippen molar-refractivity contribution < 1.29 is 43.2 Å². The van der Waals surface area contributed by atoms with Crippen molar-refractivity contribution in [2.75, 3.05) is 45.4 Å². The summed E-state index contributed by atoms with van der Waals surface area (Å²) >= 11 is 0. The first-order chi connectivity index (χ1) is 23.8. The molecule has 0 radical (unpaired) electrons. The van der Waals surface area contributed by atoms with Crippen LogP contribution >= 0.6 is 0 Å². The molecule has 2 fully saturated rings. The first-order valence-corrected chi connectivity index (χ1v) is 16.8. The third-order valence-electron chi connectivity index (χ3n) is 9.76. The van der Waals surface area contributed by atoms with E-state index < -0.39 is 47.7 Å². The number of nitrogens with one attached hydrogen (secondary N) is 1. The van der Waals surface area contributed by atoms with Crippen LogP contribution in [0.2, 0.25) is 0 Å². The lowest BCUT2D eigenvalue weighted by Crippen LogP contribution is -2.56. The van der Waals surface area contributed by atoms with Crippen LogP contribution in [0.15, 0.2) is 78.9 Å². The van der Waals surface area contributed by atoms with Gasteiger partial charge in [0.1, 0.15) is 29.4 Å². The fourth-order valence-electron chi connectivity index (χ4n) is 7.49. The summed E-state index contributed by atoms with van der Waals surface area (Å²) in [5, 5.41) is 12.5. The Kier molecular flexibility index (Phi) is 10.5. The Morgan fingerprint density at radius 1 is 0.980 bits per heavy atom. The fraction of sp³-hybridized carbons (Fsp3) is 0.459. The number of hydrogen-bond acceptors (Lipinski definition) is 9. The van der Waals surface area contributed by atoms with Crippen LogP contribution in [0, 0.1) is 11.8 Å². The Morgan fingerprint density at radius 3 is 2.47 bits per heavy atom. The number of ether oxygens (including phenoxy) is 4. The van der Waals surface area contributed by atoms with Crippen molar-refractivity contribution in [3.63, 3.8) is 0 Å². The second kappa shape index (κ2) is 14.9. The van der Waals surface area contributed by atoms with Gasteiger partial charge < -0.3 is 39.2 Å². The molecule has 12 heteroatoms. The molecule has 2 aromatic carbocycles. The van der Waals surface area contributed by atoms with Crippen molar-refractivity contribution in [1.29, 1.82) is 0 Å². The second-order valence-corrected chi connectivity index (χ2v) is 12.7.